The molecule has 0 spiro atoms. The molecule has 0 bridgehead atoms. The van der Waals surface area contributed by atoms with Crippen LogP contribution >= 0.6 is 0 Å². The predicted molar refractivity (Wildman–Crippen MR) is 115 cm³/mol. The number of hydrazine groups is 1. The Balaban J connectivity index is 1.38. The van der Waals surface area contributed by atoms with Crippen molar-refractivity contribution in [3.05, 3.63) is 95.6 Å². The number of methoxy groups -OCH3 is 1. The van der Waals surface area contributed by atoms with Crippen molar-refractivity contribution in [1.82, 2.24) is 10.9 Å². The Hall–Kier alpha value is -3.84. The van der Waals surface area contributed by atoms with E-state index in [1.54, 1.807) is 55.6 Å². The normalized spacial score (nSPS) is 10.2. The summed E-state index contributed by atoms with van der Waals surface area (Å²) in [6, 6.07) is 23.7. The van der Waals surface area contributed by atoms with Crippen LogP contribution in [-0.4, -0.2) is 25.5 Å². The fourth-order valence-electron chi connectivity index (χ4n) is 2.68. The molecule has 0 heterocycles. The maximum atomic E-state index is 12.1. The maximum absolute atomic E-state index is 12.1. The third kappa shape index (κ3) is 7.17. The average Bonchev–Trinajstić information content (AvgIpc) is 2.82. The number of carbonyl (C=O) groups is 2. The highest BCUT2D eigenvalue weighted by atomic mass is 16.5. The van der Waals surface area contributed by atoms with E-state index in [2.05, 4.69) is 10.9 Å². The minimum atomic E-state index is -0.478. The van der Waals surface area contributed by atoms with E-state index < -0.39 is 11.8 Å². The SMILES string of the molecule is COCc1ccc(C(=O)NNC(=O)COc2ccc(OCc3ccccc3)cc2)cc1. The number of carbonyl (C=O) groups excluding carboxylic acids is 2. The molecule has 0 saturated heterocycles. The summed E-state index contributed by atoms with van der Waals surface area (Å²) in [7, 11) is 1.60. The standard InChI is InChI=1S/C24H24N2O5/c1-29-15-19-7-9-20(10-8-19)24(28)26-25-23(27)17-31-22-13-11-21(12-14-22)30-16-18-5-3-2-4-6-18/h2-14H,15-17H2,1H3,(H,25,27)(H,26,28). The molecular weight excluding hydrogens is 396 g/mol. The number of ether oxygens (including phenoxy) is 3. The van der Waals surface area contributed by atoms with Crippen LogP contribution in [0.3, 0.4) is 0 Å². The molecule has 0 fully saturated rings. The number of benzene rings is 3. The Labute approximate surface area is 180 Å². The van der Waals surface area contributed by atoms with Gasteiger partial charge >= 0.3 is 0 Å². The van der Waals surface area contributed by atoms with Gasteiger partial charge in [0.25, 0.3) is 11.8 Å². The largest absolute Gasteiger partial charge is 0.489 e. The molecule has 0 saturated carbocycles. The van der Waals surface area contributed by atoms with Gasteiger partial charge in [0.2, 0.25) is 0 Å². The highest BCUT2D eigenvalue weighted by molar-refractivity contribution is 5.95. The van der Waals surface area contributed by atoms with Gasteiger partial charge in [0, 0.05) is 12.7 Å². The van der Waals surface area contributed by atoms with Crippen LogP contribution in [-0.2, 0) is 22.7 Å². The number of hydrogen-bond acceptors (Lipinski definition) is 5. The van der Waals surface area contributed by atoms with Gasteiger partial charge in [-0.15, -0.1) is 0 Å². The van der Waals surface area contributed by atoms with E-state index in [1.165, 1.54) is 0 Å². The summed E-state index contributed by atoms with van der Waals surface area (Å²) in [5.74, 6) is 0.317. The van der Waals surface area contributed by atoms with Gasteiger partial charge < -0.3 is 14.2 Å². The molecule has 0 aliphatic rings. The second-order valence-electron chi connectivity index (χ2n) is 6.67. The van der Waals surface area contributed by atoms with Crippen molar-refractivity contribution in [2.75, 3.05) is 13.7 Å². The number of nitrogens with one attached hydrogen (secondary N) is 2. The van der Waals surface area contributed by atoms with Gasteiger partial charge in [-0.3, -0.25) is 20.4 Å². The highest BCUT2D eigenvalue weighted by Gasteiger charge is 2.08. The van der Waals surface area contributed by atoms with Crippen LogP contribution in [0.5, 0.6) is 11.5 Å². The van der Waals surface area contributed by atoms with Crippen molar-refractivity contribution in [3.8, 4) is 11.5 Å². The molecule has 3 aromatic carbocycles. The number of rotatable bonds is 9. The summed E-state index contributed by atoms with van der Waals surface area (Å²) in [4.78, 5) is 24.0. The Morgan fingerprint density at radius 3 is 1.97 bits per heavy atom. The Bertz CT molecular complexity index is 973. The molecule has 0 radical (unpaired) electrons. The fraction of sp³-hybridized carbons (Fsp3) is 0.167. The summed E-state index contributed by atoms with van der Waals surface area (Å²) in [5.41, 5.74) is 7.14. The summed E-state index contributed by atoms with van der Waals surface area (Å²) >= 11 is 0. The van der Waals surface area contributed by atoms with E-state index in [0.717, 1.165) is 11.1 Å². The Morgan fingerprint density at radius 2 is 1.32 bits per heavy atom. The Morgan fingerprint density at radius 1 is 0.710 bits per heavy atom. The molecule has 7 nitrogen and oxygen atoms in total. The van der Waals surface area contributed by atoms with E-state index in [9.17, 15) is 9.59 Å². The van der Waals surface area contributed by atoms with Crippen LogP contribution in [0.4, 0.5) is 0 Å². The lowest BCUT2D eigenvalue weighted by molar-refractivity contribution is -0.123. The molecule has 0 unspecified atom stereocenters. The van der Waals surface area contributed by atoms with Crippen molar-refractivity contribution in [2.24, 2.45) is 0 Å². The first-order valence-electron chi connectivity index (χ1n) is 9.70. The van der Waals surface area contributed by atoms with Gasteiger partial charge in [-0.2, -0.15) is 0 Å². The first kappa shape index (κ1) is 21.9. The lowest BCUT2D eigenvalue weighted by atomic mass is 10.1. The lowest BCUT2D eigenvalue weighted by Gasteiger charge is -2.10. The van der Waals surface area contributed by atoms with Crippen LogP contribution in [0.15, 0.2) is 78.9 Å². The molecule has 7 heteroatoms. The minimum absolute atomic E-state index is 0.239. The maximum Gasteiger partial charge on any atom is 0.276 e. The van der Waals surface area contributed by atoms with Gasteiger partial charge in [0.05, 0.1) is 6.61 Å². The zero-order valence-corrected chi connectivity index (χ0v) is 17.2. The molecule has 3 aromatic rings. The van der Waals surface area contributed by atoms with E-state index in [4.69, 9.17) is 14.2 Å². The quantitative estimate of drug-likeness (QED) is 0.519. The van der Waals surface area contributed by atoms with Gasteiger partial charge in [0.15, 0.2) is 6.61 Å². The third-order valence-electron chi connectivity index (χ3n) is 4.28. The first-order valence-corrected chi connectivity index (χ1v) is 9.70. The molecule has 0 aliphatic carbocycles. The summed E-state index contributed by atoms with van der Waals surface area (Å²) < 4.78 is 16.2. The second-order valence-corrected chi connectivity index (χ2v) is 6.67. The van der Waals surface area contributed by atoms with Crippen LogP contribution in [0.25, 0.3) is 0 Å². The number of hydrogen-bond donors (Lipinski definition) is 2. The zero-order valence-electron chi connectivity index (χ0n) is 17.2. The van der Waals surface area contributed by atoms with Crippen molar-refractivity contribution in [2.45, 2.75) is 13.2 Å². The van der Waals surface area contributed by atoms with E-state index in [1.807, 2.05) is 30.3 Å². The zero-order chi connectivity index (χ0) is 21.9. The van der Waals surface area contributed by atoms with E-state index in [-0.39, 0.29) is 6.61 Å². The molecule has 3 rings (SSSR count). The van der Waals surface area contributed by atoms with Gasteiger partial charge in [0.1, 0.15) is 18.1 Å². The molecular formula is C24H24N2O5. The van der Waals surface area contributed by atoms with Crippen molar-refractivity contribution >= 4 is 11.8 Å². The van der Waals surface area contributed by atoms with Crippen molar-refractivity contribution in [1.29, 1.82) is 0 Å². The smallest absolute Gasteiger partial charge is 0.276 e. The molecule has 31 heavy (non-hydrogen) atoms. The molecule has 0 aromatic heterocycles. The van der Waals surface area contributed by atoms with Gasteiger partial charge in [-0.25, -0.2) is 0 Å². The molecule has 2 N–H and O–H groups in total. The van der Waals surface area contributed by atoms with Gasteiger partial charge in [-0.1, -0.05) is 42.5 Å². The van der Waals surface area contributed by atoms with Crippen LogP contribution in [0.2, 0.25) is 0 Å². The second kappa shape index (κ2) is 11.4. The molecule has 160 valence electrons. The van der Waals surface area contributed by atoms with Crippen molar-refractivity contribution < 1.29 is 23.8 Å². The summed E-state index contributed by atoms with van der Waals surface area (Å²) in [6.45, 7) is 0.700. The summed E-state index contributed by atoms with van der Waals surface area (Å²) in [5, 5.41) is 0. The average molecular weight is 420 g/mol. The lowest BCUT2D eigenvalue weighted by Crippen LogP contribution is -2.43. The molecule has 0 aliphatic heterocycles. The van der Waals surface area contributed by atoms with E-state index >= 15 is 0 Å². The van der Waals surface area contributed by atoms with Gasteiger partial charge in [-0.05, 0) is 47.5 Å². The predicted octanol–water partition coefficient (Wildman–Crippen LogP) is 3.25. The minimum Gasteiger partial charge on any atom is -0.489 e. The fourth-order valence-corrected chi connectivity index (χ4v) is 2.68. The highest BCUT2D eigenvalue weighted by Crippen LogP contribution is 2.18. The Kier molecular flexibility index (Phi) is 8.02. The monoisotopic (exact) mass is 420 g/mol. The first-order chi connectivity index (χ1) is 15.1. The summed E-state index contributed by atoms with van der Waals surface area (Å²) in [6.07, 6.45) is 0. The van der Waals surface area contributed by atoms with Crippen LogP contribution in [0.1, 0.15) is 21.5 Å². The van der Waals surface area contributed by atoms with E-state index in [0.29, 0.717) is 30.3 Å². The third-order valence-corrected chi connectivity index (χ3v) is 4.28. The molecule has 2 amide bonds. The molecule has 0 atom stereocenters. The van der Waals surface area contributed by atoms with Crippen molar-refractivity contribution in [3.63, 3.8) is 0 Å². The van der Waals surface area contributed by atoms with Crippen LogP contribution < -0.4 is 20.3 Å². The topological polar surface area (TPSA) is 85.9 Å². The number of amides is 2. The van der Waals surface area contributed by atoms with Crippen LogP contribution in [0, 0.1) is 0 Å².